The first kappa shape index (κ1) is 43.2. The fraction of sp³-hybridized carbons (Fsp3) is 0.879. The first-order valence-electron chi connectivity index (χ1n) is 17.4. The van der Waals surface area contributed by atoms with E-state index in [0.717, 1.165) is 19.3 Å². The molecule has 1 amide bonds. The van der Waals surface area contributed by atoms with Gasteiger partial charge in [-0.2, -0.15) is 0 Å². The molecule has 0 aliphatic carbocycles. The van der Waals surface area contributed by atoms with Gasteiger partial charge in [-0.15, -0.1) is 0 Å². The lowest BCUT2D eigenvalue weighted by Crippen LogP contribution is -2.57. The minimum Gasteiger partial charge on any atom is -0.388 e. The number of hydrogen-bond donors (Lipinski definition) is 7. The number of Topliss-reactive ketones (excluding diaryl/α,β-unsaturated/α-hetero) is 3. The molecule has 16 heteroatoms. The normalized spacial score (nSPS) is 30.3. The zero-order valence-corrected chi connectivity index (χ0v) is 29.0. The smallest absolute Gasteiger partial charge is 0.219 e. The summed E-state index contributed by atoms with van der Waals surface area (Å²) < 4.78 is 21.8. The molecule has 0 aromatic heterocycles. The highest BCUT2D eigenvalue weighted by atomic mass is 16.7. The summed E-state index contributed by atoms with van der Waals surface area (Å²) in [5, 5.41) is 62.5. The lowest BCUT2D eigenvalue weighted by molar-refractivity contribution is -0.293. The highest BCUT2D eigenvalue weighted by Crippen LogP contribution is 2.23. The highest BCUT2D eigenvalue weighted by molar-refractivity contribution is 5.86. The van der Waals surface area contributed by atoms with E-state index in [1.165, 1.54) is 18.7 Å². The SMILES string of the molecule is CCNC(=O)CCCCCCC(=O)CN(CC(=O)CCCO[C@@H]1O[C@@H](C)[C@@H](O)[C@@H](O)[C@@H]1O)CC(=O)CCCO[C@@H]1O[C@@H](C)[C@@H](O)[C@@H](O)[C@@H]1O. The van der Waals surface area contributed by atoms with Crippen LogP contribution in [-0.4, -0.2) is 160 Å². The van der Waals surface area contributed by atoms with Crippen molar-refractivity contribution in [2.45, 2.75) is 146 Å². The van der Waals surface area contributed by atoms with E-state index >= 15 is 0 Å². The molecule has 0 spiro atoms. The molecule has 0 unspecified atom stereocenters. The van der Waals surface area contributed by atoms with Crippen LogP contribution in [0, 0.1) is 0 Å². The van der Waals surface area contributed by atoms with Crippen molar-refractivity contribution >= 4 is 23.3 Å². The lowest BCUT2D eigenvalue weighted by atomic mass is 10.00. The summed E-state index contributed by atoms with van der Waals surface area (Å²) in [6.45, 7) is 5.17. The fourth-order valence-corrected chi connectivity index (χ4v) is 5.64. The van der Waals surface area contributed by atoms with E-state index in [2.05, 4.69) is 5.32 Å². The first-order valence-corrected chi connectivity index (χ1v) is 17.4. The van der Waals surface area contributed by atoms with Gasteiger partial charge < -0.3 is 54.9 Å². The number of nitrogens with one attached hydrogen (secondary N) is 1. The molecular formula is C33H58N2O14. The lowest BCUT2D eigenvalue weighted by Gasteiger charge is -2.38. The Labute approximate surface area is 288 Å². The van der Waals surface area contributed by atoms with Crippen molar-refractivity contribution in [1.82, 2.24) is 10.2 Å². The van der Waals surface area contributed by atoms with Gasteiger partial charge in [-0.1, -0.05) is 12.8 Å². The Bertz CT molecular complexity index is 962. The summed E-state index contributed by atoms with van der Waals surface area (Å²) in [4.78, 5) is 51.6. The second-order valence-electron chi connectivity index (χ2n) is 12.9. The van der Waals surface area contributed by atoms with Crippen LogP contribution in [0.4, 0.5) is 0 Å². The summed E-state index contributed by atoms with van der Waals surface area (Å²) >= 11 is 0. The van der Waals surface area contributed by atoms with E-state index in [-0.39, 0.29) is 88.2 Å². The third kappa shape index (κ3) is 15.4. The van der Waals surface area contributed by atoms with E-state index in [1.54, 1.807) is 0 Å². The van der Waals surface area contributed by atoms with E-state index in [4.69, 9.17) is 18.9 Å². The van der Waals surface area contributed by atoms with Gasteiger partial charge in [-0.05, 0) is 46.5 Å². The van der Waals surface area contributed by atoms with Gasteiger partial charge in [-0.25, -0.2) is 0 Å². The number of ether oxygens (including phenoxy) is 4. The van der Waals surface area contributed by atoms with Crippen LogP contribution >= 0.6 is 0 Å². The first-order chi connectivity index (χ1) is 23.2. The van der Waals surface area contributed by atoms with Gasteiger partial charge in [0.15, 0.2) is 12.6 Å². The third-order valence-electron chi connectivity index (χ3n) is 8.56. The highest BCUT2D eigenvalue weighted by Gasteiger charge is 2.43. The molecule has 0 aromatic carbocycles. The molecule has 0 saturated carbocycles. The van der Waals surface area contributed by atoms with Crippen molar-refractivity contribution in [3.05, 3.63) is 0 Å². The predicted octanol–water partition coefficient (Wildman–Crippen LogP) is -1.28. The molecule has 2 aliphatic rings. The minimum atomic E-state index is -1.45. The molecule has 16 nitrogen and oxygen atoms in total. The molecule has 2 fully saturated rings. The van der Waals surface area contributed by atoms with Gasteiger partial charge in [0.2, 0.25) is 5.91 Å². The van der Waals surface area contributed by atoms with Gasteiger partial charge in [0.05, 0.1) is 45.1 Å². The van der Waals surface area contributed by atoms with Crippen molar-refractivity contribution in [2.24, 2.45) is 0 Å². The summed E-state index contributed by atoms with van der Waals surface area (Å²) in [6.07, 6.45) is -7.89. The Morgan fingerprint density at radius 3 is 1.37 bits per heavy atom. The number of unbranched alkanes of at least 4 members (excludes halogenated alkanes) is 3. The largest absolute Gasteiger partial charge is 0.388 e. The maximum Gasteiger partial charge on any atom is 0.219 e. The monoisotopic (exact) mass is 706 g/mol. The van der Waals surface area contributed by atoms with Crippen LogP contribution in [0.5, 0.6) is 0 Å². The van der Waals surface area contributed by atoms with Gasteiger partial charge in [0.25, 0.3) is 0 Å². The zero-order chi connectivity index (χ0) is 36.5. The second kappa shape index (κ2) is 22.8. The van der Waals surface area contributed by atoms with E-state index in [9.17, 15) is 49.8 Å². The van der Waals surface area contributed by atoms with Crippen LogP contribution in [0.3, 0.4) is 0 Å². The topological polar surface area (TPSA) is 242 Å². The average Bonchev–Trinajstić information content (AvgIpc) is 3.05. The van der Waals surface area contributed by atoms with Crippen molar-refractivity contribution in [1.29, 1.82) is 0 Å². The molecule has 0 aromatic rings. The predicted molar refractivity (Wildman–Crippen MR) is 173 cm³/mol. The van der Waals surface area contributed by atoms with Gasteiger partial charge >= 0.3 is 0 Å². The Hall–Kier alpha value is -1.96. The minimum absolute atomic E-state index is 0.00275. The standard InChI is InChI=1S/C33H58N2O14/c1-4-34-25(39)14-8-6-5-7-11-22(36)17-35(18-23(37)12-9-15-46-32-30(44)28(42)26(40)20(2)48-32)19-24(38)13-10-16-47-33-31(45)29(43)27(41)21(3)49-33/h20-21,26-33,40-45H,4-19H2,1-3H3,(H,34,39)/t20-,21-,26+,27+,28+,29+,30-,31-,32+,33+/m0/s1. The molecule has 2 saturated heterocycles. The number of aliphatic hydroxyl groups excluding tert-OH is 6. The van der Waals surface area contributed by atoms with Gasteiger partial charge in [-0.3, -0.25) is 24.1 Å². The Kier molecular flexibility index (Phi) is 20.1. The van der Waals surface area contributed by atoms with Gasteiger partial charge in [0.1, 0.15) is 54.0 Å². The van der Waals surface area contributed by atoms with Crippen LogP contribution in [-0.2, 0) is 38.1 Å². The number of carbonyl (C=O) groups excluding carboxylic acids is 4. The van der Waals surface area contributed by atoms with Crippen molar-refractivity contribution in [3.8, 4) is 0 Å². The van der Waals surface area contributed by atoms with Crippen LogP contribution in [0.1, 0.15) is 85.0 Å². The maximum atomic E-state index is 12.9. The zero-order valence-electron chi connectivity index (χ0n) is 29.0. The van der Waals surface area contributed by atoms with E-state index < -0.39 is 61.4 Å². The van der Waals surface area contributed by atoms with Gasteiger partial charge in [0, 0.05) is 32.2 Å². The van der Waals surface area contributed by atoms with Crippen LogP contribution < -0.4 is 5.32 Å². The Morgan fingerprint density at radius 2 is 0.959 bits per heavy atom. The number of hydrogen-bond acceptors (Lipinski definition) is 15. The number of aliphatic hydroxyl groups is 6. The molecule has 10 atom stereocenters. The van der Waals surface area contributed by atoms with Crippen LogP contribution in [0.15, 0.2) is 0 Å². The van der Waals surface area contributed by atoms with Crippen molar-refractivity contribution < 1.29 is 68.8 Å². The number of rotatable bonds is 24. The molecule has 7 N–H and O–H groups in total. The van der Waals surface area contributed by atoms with Crippen molar-refractivity contribution in [2.75, 3.05) is 39.4 Å². The molecule has 0 bridgehead atoms. The maximum absolute atomic E-state index is 12.9. The summed E-state index contributed by atoms with van der Waals surface area (Å²) in [5.74, 6) is -0.578. The number of amides is 1. The summed E-state index contributed by atoms with van der Waals surface area (Å²) in [6, 6.07) is 0. The molecule has 2 aliphatic heterocycles. The van der Waals surface area contributed by atoms with Crippen LogP contribution in [0.2, 0.25) is 0 Å². The molecule has 284 valence electrons. The third-order valence-corrected chi connectivity index (χ3v) is 8.56. The molecule has 2 rings (SSSR count). The average molecular weight is 707 g/mol. The number of ketones is 3. The van der Waals surface area contributed by atoms with Crippen molar-refractivity contribution in [3.63, 3.8) is 0 Å². The molecular weight excluding hydrogens is 648 g/mol. The summed E-state index contributed by atoms with van der Waals surface area (Å²) in [5.41, 5.74) is 0. The molecule has 2 heterocycles. The number of nitrogens with zero attached hydrogens (tertiary/aromatic N) is 1. The Balaban J connectivity index is 1.81. The summed E-state index contributed by atoms with van der Waals surface area (Å²) in [7, 11) is 0. The van der Waals surface area contributed by atoms with E-state index in [0.29, 0.717) is 19.4 Å². The van der Waals surface area contributed by atoms with Crippen LogP contribution in [0.25, 0.3) is 0 Å². The second-order valence-corrected chi connectivity index (χ2v) is 12.9. The fourth-order valence-electron chi connectivity index (χ4n) is 5.64. The Morgan fingerprint density at radius 1 is 0.571 bits per heavy atom. The molecule has 49 heavy (non-hydrogen) atoms. The molecule has 0 radical (unpaired) electrons. The quantitative estimate of drug-likeness (QED) is 0.0579. The number of carbonyl (C=O) groups is 4. The van der Waals surface area contributed by atoms with E-state index in [1.807, 2.05) is 6.92 Å².